The lowest BCUT2D eigenvalue weighted by Crippen LogP contribution is -2.44. The second-order valence-corrected chi connectivity index (χ2v) is 10.7. The standard InChI is InChI=1S/C26H27N3O5S/c1-28(2)35(32,33)20-15-11-18(12-16-20)27-25(30)23-21-7-5-6-8-22(21)26(31)29(3)24(23)17-9-13-19(34-4)14-10-17/h5-16,23-24H,1-4H3,(H,27,30)/t23-,24-/m1/s1. The Balaban J connectivity index is 1.71. The van der Waals surface area contributed by atoms with Gasteiger partial charge in [0, 0.05) is 32.4 Å². The molecule has 1 aliphatic rings. The molecule has 4 rings (SSSR count). The van der Waals surface area contributed by atoms with Crippen LogP contribution in [0.1, 0.15) is 33.4 Å². The lowest BCUT2D eigenvalue weighted by atomic mass is 9.79. The average Bonchev–Trinajstić information content (AvgIpc) is 2.86. The molecule has 0 spiro atoms. The normalized spacial score (nSPS) is 17.7. The van der Waals surface area contributed by atoms with Gasteiger partial charge in [-0.1, -0.05) is 30.3 Å². The number of hydrogen-bond acceptors (Lipinski definition) is 5. The lowest BCUT2D eigenvalue weighted by Gasteiger charge is -2.39. The van der Waals surface area contributed by atoms with E-state index in [0.717, 1.165) is 9.87 Å². The van der Waals surface area contributed by atoms with Gasteiger partial charge in [-0.25, -0.2) is 12.7 Å². The minimum atomic E-state index is -3.58. The molecule has 3 aromatic rings. The Kier molecular flexibility index (Phi) is 6.64. The minimum Gasteiger partial charge on any atom is -0.497 e. The summed E-state index contributed by atoms with van der Waals surface area (Å²) < 4.78 is 31.1. The number of nitrogens with one attached hydrogen (secondary N) is 1. The van der Waals surface area contributed by atoms with Gasteiger partial charge in [0.2, 0.25) is 15.9 Å². The zero-order valence-electron chi connectivity index (χ0n) is 19.9. The van der Waals surface area contributed by atoms with E-state index in [1.807, 2.05) is 18.2 Å². The van der Waals surface area contributed by atoms with Gasteiger partial charge in [-0.05, 0) is 53.6 Å². The molecule has 0 aliphatic carbocycles. The first-order valence-corrected chi connectivity index (χ1v) is 12.4. The molecule has 0 saturated heterocycles. The van der Waals surface area contributed by atoms with Crippen molar-refractivity contribution >= 4 is 27.5 Å². The molecule has 182 valence electrons. The Labute approximate surface area is 205 Å². The number of fused-ring (bicyclic) bond motifs is 1. The first-order valence-electron chi connectivity index (χ1n) is 11.0. The summed E-state index contributed by atoms with van der Waals surface area (Å²) in [4.78, 5) is 28.5. The van der Waals surface area contributed by atoms with E-state index in [4.69, 9.17) is 4.74 Å². The van der Waals surface area contributed by atoms with Gasteiger partial charge in [-0.15, -0.1) is 0 Å². The van der Waals surface area contributed by atoms with Gasteiger partial charge >= 0.3 is 0 Å². The third-order valence-corrected chi connectivity index (χ3v) is 8.05. The lowest BCUT2D eigenvalue weighted by molar-refractivity contribution is -0.119. The molecule has 0 radical (unpaired) electrons. The van der Waals surface area contributed by atoms with Crippen LogP contribution in [-0.2, 0) is 14.8 Å². The number of hydrogen-bond donors (Lipinski definition) is 1. The van der Waals surface area contributed by atoms with Gasteiger partial charge in [-0.3, -0.25) is 9.59 Å². The fourth-order valence-corrected chi connectivity index (χ4v) is 5.22. The van der Waals surface area contributed by atoms with Crippen molar-refractivity contribution in [2.75, 3.05) is 33.6 Å². The van der Waals surface area contributed by atoms with Crippen molar-refractivity contribution in [1.82, 2.24) is 9.21 Å². The second-order valence-electron chi connectivity index (χ2n) is 8.50. The van der Waals surface area contributed by atoms with Crippen LogP contribution in [0.3, 0.4) is 0 Å². The van der Waals surface area contributed by atoms with Gasteiger partial charge < -0.3 is 15.0 Å². The Morgan fingerprint density at radius 2 is 1.60 bits per heavy atom. The molecule has 0 bridgehead atoms. The molecular weight excluding hydrogens is 466 g/mol. The van der Waals surface area contributed by atoms with E-state index < -0.39 is 22.0 Å². The van der Waals surface area contributed by atoms with E-state index in [1.54, 1.807) is 61.5 Å². The Bertz CT molecular complexity index is 1350. The predicted molar refractivity (Wildman–Crippen MR) is 133 cm³/mol. The van der Waals surface area contributed by atoms with E-state index in [-0.39, 0.29) is 16.7 Å². The van der Waals surface area contributed by atoms with Crippen molar-refractivity contribution < 1.29 is 22.7 Å². The number of nitrogens with zero attached hydrogens (tertiary/aromatic N) is 2. The van der Waals surface area contributed by atoms with Crippen LogP contribution in [0.2, 0.25) is 0 Å². The Hall–Kier alpha value is -3.69. The van der Waals surface area contributed by atoms with E-state index in [2.05, 4.69) is 5.32 Å². The summed E-state index contributed by atoms with van der Waals surface area (Å²) in [5, 5.41) is 2.91. The van der Waals surface area contributed by atoms with E-state index >= 15 is 0 Å². The first kappa shape index (κ1) is 24.4. The second kappa shape index (κ2) is 9.52. The van der Waals surface area contributed by atoms with Gasteiger partial charge in [0.25, 0.3) is 5.91 Å². The number of amides is 2. The van der Waals surface area contributed by atoms with Crippen LogP contribution in [0, 0.1) is 0 Å². The molecule has 2 atom stereocenters. The van der Waals surface area contributed by atoms with Crippen LogP contribution >= 0.6 is 0 Å². The van der Waals surface area contributed by atoms with Crippen molar-refractivity contribution in [1.29, 1.82) is 0 Å². The van der Waals surface area contributed by atoms with Crippen LogP contribution < -0.4 is 10.1 Å². The number of ether oxygens (including phenoxy) is 1. The van der Waals surface area contributed by atoms with Gasteiger partial charge in [0.05, 0.1) is 24.0 Å². The summed E-state index contributed by atoms with van der Waals surface area (Å²) in [6, 6.07) is 19.9. The molecule has 0 saturated carbocycles. The number of rotatable bonds is 6. The van der Waals surface area contributed by atoms with Crippen molar-refractivity contribution in [3.8, 4) is 5.75 Å². The van der Waals surface area contributed by atoms with Gasteiger partial charge in [0.15, 0.2) is 0 Å². The molecular formula is C26H27N3O5S. The van der Waals surface area contributed by atoms with Crippen molar-refractivity contribution in [2.45, 2.75) is 16.9 Å². The average molecular weight is 494 g/mol. The highest BCUT2D eigenvalue weighted by atomic mass is 32.2. The smallest absolute Gasteiger partial charge is 0.254 e. The monoisotopic (exact) mass is 493 g/mol. The van der Waals surface area contributed by atoms with Crippen molar-refractivity contribution in [2.24, 2.45) is 0 Å². The molecule has 1 heterocycles. The van der Waals surface area contributed by atoms with Crippen LogP contribution in [-0.4, -0.2) is 57.7 Å². The zero-order chi connectivity index (χ0) is 25.3. The third kappa shape index (κ3) is 4.52. The molecule has 8 nitrogen and oxygen atoms in total. The maximum absolute atomic E-state index is 13.7. The number of methoxy groups -OCH3 is 1. The summed E-state index contributed by atoms with van der Waals surface area (Å²) in [6.45, 7) is 0. The number of sulfonamides is 1. The van der Waals surface area contributed by atoms with Crippen LogP contribution in [0.4, 0.5) is 5.69 Å². The molecule has 0 aromatic heterocycles. The fourth-order valence-electron chi connectivity index (χ4n) is 4.32. The highest BCUT2D eigenvalue weighted by Crippen LogP contribution is 2.42. The quantitative estimate of drug-likeness (QED) is 0.567. The fraction of sp³-hybridized carbons (Fsp3) is 0.231. The highest BCUT2D eigenvalue weighted by Gasteiger charge is 2.42. The van der Waals surface area contributed by atoms with Crippen molar-refractivity contribution in [3.05, 3.63) is 89.5 Å². The minimum absolute atomic E-state index is 0.130. The van der Waals surface area contributed by atoms with Crippen LogP contribution in [0.25, 0.3) is 0 Å². The molecule has 1 N–H and O–H groups in total. The molecule has 1 aliphatic heterocycles. The maximum Gasteiger partial charge on any atom is 0.254 e. The molecule has 9 heteroatoms. The van der Waals surface area contributed by atoms with Gasteiger partial charge in [0.1, 0.15) is 5.75 Å². The molecule has 35 heavy (non-hydrogen) atoms. The molecule has 3 aromatic carbocycles. The first-order chi connectivity index (χ1) is 16.6. The largest absolute Gasteiger partial charge is 0.497 e. The summed E-state index contributed by atoms with van der Waals surface area (Å²) in [7, 11) is 2.61. The molecule has 2 amide bonds. The Morgan fingerprint density at radius 3 is 2.20 bits per heavy atom. The summed E-state index contributed by atoms with van der Waals surface area (Å²) in [5.74, 6) is -0.482. The number of carbonyl (C=O) groups excluding carboxylic acids is 2. The molecule has 0 unspecified atom stereocenters. The van der Waals surface area contributed by atoms with Crippen LogP contribution in [0.5, 0.6) is 5.75 Å². The highest BCUT2D eigenvalue weighted by molar-refractivity contribution is 7.89. The number of anilines is 1. The maximum atomic E-state index is 13.7. The topological polar surface area (TPSA) is 96.0 Å². The zero-order valence-corrected chi connectivity index (χ0v) is 20.7. The summed E-state index contributed by atoms with van der Waals surface area (Å²) >= 11 is 0. The van der Waals surface area contributed by atoms with E-state index in [9.17, 15) is 18.0 Å². The Morgan fingerprint density at radius 1 is 0.971 bits per heavy atom. The summed E-state index contributed by atoms with van der Waals surface area (Å²) in [5.41, 5.74) is 2.37. The number of benzene rings is 3. The predicted octanol–water partition coefficient (Wildman–Crippen LogP) is 3.49. The third-order valence-electron chi connectivity index (χ3n) is 6.22. The van der Waals surface area contributed by atoms with E-state index in [0.29, 0.717) is 22.6 Å². The van der Waals surface area contributed by atoms with Crippen LogP contribution in [0.15, 0.2) is 77.7 Å². The number of likely N-dealkylation sites (N-methyl/N-ethyl adjacent to an activating group) is 1. The van der Waals surface area contributed by atoms with E-state index in [1.165, 1.54) is 26.2 Å². The van der Waals surface area contributed by atoms with Gasteiger partial charge in [-0.2, -0.15) is 0 Å². The summed E-state index contributed by atoms with van der Waals surface area (Å²) in [6.07, 6.45) is 0. The molecule has 0 fully saturated rings. The number of carbonyl (C=O) groups is 2. The van der Waals surface area contributed by atoms with Crippen molar-refractivity contribution in [3.63, 3.8) is 0 Å². The SMILES string of the molecule is COc1ccc([C@@H]2[C@H](C(=O)Nc3ccc(S(=O)(=O)N(C)C)cc3)c3ccccc3C(=O)N2C)cc1.